The van der Waals surface area contributed by atoms with E-state index in [1.54, 1.807) is 25.0 Å². The number of urea groups is 1. The van der Waals surface area contributed by atoms with Crippen LogP contribution >= 0.6 is 11.6 Å². The van der Waals surface area contributed by atoms with Crippen LogP contribution in [0.5, 0.6) is 0 Å². The first-order valence-electron chi connectivity index (χ1n) is 12.5. The van der Waals surface area contributed by atoms with Gasteiger partial charge in [-0.2, -0.15) is 0 Å². The summed E-state index contributed by atoms with van der Waals surface area (Å²) < 4.78 is 11.2. The number of carbonyl (C=O) groups is 2. The molecule has 2 aromatic rings. The first-order valence-corrected chi connectivity index (χ1v) is 12.9. The van der Waals surface area contributed by atoms with E-state index in [0.717, 1.165) is 11.3 Å². The van der Waals surface area contributed by atoms with Gasteiger partial charge >= 0.3 is 12.0 Å². The number of rotatable bonds is 8. The number of benzene rings is 2. The summed E-state index contributed by atoms with van der Waals surface area (Å²) in [5.74, 6) is -0.422. The first kappa shape index (κ1) is 26.5. The smallest absolute Gasteiger partial charge is 0.338 e. The van der Waals surface area contributed by atoms with Crippen LogP contribution in [0.25, 0.3) is 0 Å². The summed E-state index contributed by atoms with van der Waals surface area (Å²) in [7, 11) is 1.56. The zero-order valence-corrected chi connectivity index (χ0v) is 22.4. The zero-order valence-electron chi connectivity index (χ0n) is 21.7. The molecule has 0 radical (unpaired) electrons. The van der Waals surface area contributed by atoms with Crippen LogP contribution in [0.15, 0.2) is 70.9 Å². The highest BCUT2D eigenvalue weighted by Crippen LogP contribution is 2.37. The van der Waals surface area contributed by atoms with E-state index in [2.05, 4.69) is 4.99 Å². The summed E-state index contributed by atoms with van der Waals surface area (Å²) >= 11 is 6.34. The van der Waals surface area contributed by atoms with Crippen molar-refractivity contribution in [3.8, 4) is 0 Å². The molecule has 0 spiro atoms. The minimum Gasteiger partial charge on any atom is -0.468 e. The molecule has 0 bridgehead atoms. The van der Waals surface area contributed by atoms with Crippen LogP contribution in [0.2, 0.25) is 5.02 Å². The number of aliphatic imine (C=N–C) groups is 1. The summed E-state index contributed by atoms with van der Waals surface area (Å²) in [6, 6.07) is 17.0. The van der Waals surface area contributed by atoms with Crippen molar-refractivity contribution >= 4 is 35.3 Å². The molecule has 8 nitrogen and oxygen atoms in total. The summed E-state index contributed by atoms with van der Waals surface area (Å²) in [5.41, 5.74) is 2.72. The van der Waals surface area contributed by atoms with E-state index < -0.39 is 12.0 Å². The van der Waals surface area contributed by atoms with Crippen molar-refractivity contribution in [3.63, 3.8) is 0 Å². The molecule has 1 saturated heterocycles. The van der Waals surface area contributed by atoms with Crippen molar-refractivity contribution in [2.45, 2.75) is 39.3 Å². The lowest BCUT2D eigenvalue weighted by Crippen LogP contribution is -2.43. The van der Waals surface area contributed by atoms with Gasteiger partial charge in [0.1, 0.15) is 0 Å². The summed E-state index contributed by atoms with van der Waals surface area (Å²) in [4.78, 5) is 36.4. The quantitative estimate of drug-likeness (QED) is 0.440. The highest BCUT2D eigenvalue weighted by Gasteiger charge is 2.38. The van der Waals surface area contributed by atoms with E-state index in [9.17, 15) is 9.59 Å². The number of esters is 1. The van der Waals surface area contributed by atoms with Crippen LogP contribution in [0.1, 0.15) is 38.8 Å². The van der Waals surface area contributed by atoms with Gasteiger partial charge in [0.25, 0.3) is 6.02 Å². The number of para-hydroxylation sites is 1. The largest absolute Gasteiger partial charge is 0.468 e. The van der Waals surface area contributed by atoms with E-state index in [0.29, 0.717) is 54.9 Å². The summed E-state index contributed by atoms with van der Waals surface area (Å²) in [6.07, 6.45) is 0.377. The van der Waals surface area contributed by atoms with Gasteiger partial charge in [0.05, 0.1) is 30.5 Å². The second kappa shape index (κ2) is 11.7. The predicted molar refractivity (Wildman–Crippen MR) is 145 cm³/mol. The molecule has 0 saturated carbocycles. The van der Waals surface area contributed by atoms with Crippen LogP contribution in [0, 0.1) is 0 Å². The normalized spacial score (nSPS) is 18.0. The number of nitrogens with zero attached hydrogens (tertiary/aromatic N) is 4. The van der Waals surface area contributed by atoms with Gasteiger partial charge in [-0.05, 0) is 57.0 Å². The number of amides is 2. The Morgan fingerprint density at radius 3 is 2.54 bits per heavy atom. The minimum absolute atomic E-state index is 0.00573. The van der Waals surface area contributed by atoms with Gasteiger partial charge in [0, 0.05) is 36.9 Å². The maximum Gasteiger partial charge on any atom is 0.338 e. The Kier molecular flexibility index (Phi) is 8.38. The van der Waals surface area contributed by atoms with E-state index >= 15 is 0 Å². The first-order chi connectivity index (χ1) is 17.8. The van der Waals surface area contributed by atoms with Crippen LogP contribution in [0.4, 0.5) is 10.5 Å². The number of hydrogen-bond acceptors (Lipinski definition) is 6. The van der Waals surface area contributed by atoms with Crippen LogP contribution in [-0.4, -0.2) is 67.2 Å². The Bertz CT molecular complexity index is 1200. The van der Waals surface area contributed by atoms with Gasteiger partial charge in [0.15, 0.2) is 0 Å². The number of halogens is 1. The van der Waals surface area contributed by atoms with Crippen LogP contribution in [0.3, 0.4) is 0 Å². The standard InChI is InChI=1S/C28H33ClN4O4/c1-19(2)37-26(34)24-20(3)30-27(36-4)33(25(24)21-10-8-11-22(29)18-21)15-9-14-31-16-17-32(28(31)35)23-12-6-5-7-13-23/h5-8,10-13,18-19,25H,9,14-17H2,1-4H3. The molecule has 0 aromatic heterocycles. The molecule has 2 amide bonds. The van der Waals surface area contributed by atoms with E-state index in [-0.39, 0.29) is 12.1 Å². The van der Waals surface area contributed by atoms with E-state index in [1.807, 2.05) is 72.2 Å². The topological polar surface area (TPSA) is 74.7 Å². The molecule has 4 rings (SSSR count). The average molecular weight is 525 g/mol. The Morgan fingerprint density at radius 1 is 1.11 bits per heavy atom. The molecular weight excluding hydrogens is 492 g/mol. The monoisotopic (exact) mass is 524 g/mol. The van der Waals surface area contributed by atoms with E-state index in [4.69, 9.17) is 21.1 Å². The van der Waals surface area contributed by atoms with Gasteiger partial charge in [-0.1, -0.05) is 41.9 Å². The molecule has 2 aliphatic heterocycles. The van der Waals surface area contributed by atoms with Crippen molar-refractivity contribution in [2.24, 2.45) is 4.99 Å². The van der Waals surface area contributed by atoms with Crippen molar-refractivity contribution in [3.05, 3.63) is 76.5 Å². The SMILES string of the molecule is COC1=NC(C)=C(C(=O)OC(C)C)C(c2cccc(Cl)c2)N1CCCN1CCN(c2ccccc2)C1=O. The minimum atomic E-state index is -0.493. The molecule has 1 unspecified atom stereocenters. The maximum atomic E-state index is 13.2. The summed E-state index contributed by atoms with van der Waals surface area (Å²) in [6.45, 7) is 7.79. The number of allylic oxidation sites excluding steroid dienone is 1. The highest BCUT2D eigenvalue weighted by atomic mass is 35.5. The lowest BCUT2D eigenvalue weighted by atomic mass is 9.94. The predicted octanol–water partition coefficient (Wildman–Crippen LogP) is 5.26. The highest BCUT2D eigenvalue weighted by molar-refractivity contribution is 6.30. The van der Waals surface area contributed by atoms with Gasteiger partial charge < -0.3 is 19.3 Å². The number of amidine groups is 1. The molecule has 2 aromatic carbocycles. The van der Waals surface area contributed by atoms with Crippen molar-refractivity contribution in [1.29, 1.82) is 0 Å². The Balaban J connectivity index is 1.55. The molecule has 2 aliphatic rings. The summed E-state index contributed by atoms with van der Waals surface area (Å²) in [5, 5.41) is 0.567. The molecular formula is C28H33ClN4O4. The zero-order chi connectivity index (χ0) is 26.5. The fraction of sp³-hybridized carbons (Fsp3) is 0.393. The molecule has 2 heterocycles. The molecule has 196 valence electrons. The van der Waals surface area contributed by atoms with Gasteiger partial charge in [0.2, 0.25) is 0 Å². The molecule has 1 fully saturated rings. The van der Waals surface area contributed by atoms with Crippen molar-refractivity contribution in [1.82, 2.24) is 9.80 Å². The Morgan fingerprint density at radius 2 is 1.86 bits per heavy atom. The number of anilines is 1. The lowest BCUT2D eigenvalue weighted by Gasteiger charge is -2.38. The van der Waals surface area contributed by atoms with E-state index in [1.165, 1.54) is 0 Å². The molecule has 37 heavy (non-hydrogen) atoms. The average Bonchev–Trinajstić information content (AvgIpc) is 3.24. The number of ether oxygens (including phenoxy) is 2. The van der Waals surface area contributed by atoms with Gasteiger partial charge in [-0.3, -0.25) is 4.90 Å². The molecule has 0 aliphatic carbocycles. The third-order valence-electron chi connectivity index (χ3n) is 6.38. The third kappa shape index (κ3) is 5.91. The number of carbonyl (C=O) groups excluding carboxylic acids is 2. The van der Waals surface area contributed by atoms with Crippen LogP contribution in [-0.2, 0) is 14.3 Å². The number of hydrogen-bond donors (Lipinski definition) is 0. The second-order valence-corrected chi connectivity index (χ2v) is 9.75. The van der Waals surface area contributed by atoms with Gasteiger partial charge in [-0.25, -0.2) is 14.6 Å². The Labute approximate surface area is 223 Å². The second-order valence-electron chi connectivity index (χ2n) is 9.31. The Hall–Kier alpha value is -3.52. The van der Waals surface area contributed by atoms with Crippen molar-refractivity contribution < 1.29 is 19.1 Å². The molecule has 9 heteroatoms. The fourth-order valence-corrected chi connectivity index (χ4v) is 4.95. The third-order valence-corrected chi connectivity index (χ3v) is 6.62. The van der Waals surface area contributed by atoms with Gasteiger partial charge in [-0.15, -0.1) is 0 Å². The van der Waals surface area contributed by atoms with Crippen molar-refractivity contribution in [2.75, 3.05) is 38.2 Å². The lowest BCUT2D eigenvalue weighted by molar-refractivity contribution is -0.143. The maximum absolute atomic E-state index is 13.2. The number of methoxy groups -OCH3 is 1. The molecule has 1 atom stereocenters. The fourth-order valence-electron chi connectivity index (χ4n) is 4.75. The van der Waals surface area contributed by atoms with Crippen LogP contribution < -0.4 is 4.90 Å². The molecule has 0 N–H and O–H groups in total.